The van der Waals surface area contributed by atoms with Crippen molar-refractivity contribution in [2.75, 3.05) is 18.1 Å². The van der Waals surface area contributed by atoms with Crippen LogP contribution in [0.4, 0.5) is 0 Å². The molecule has 2 heteroatoms. The van der Waals surface area contributed by atoms with Crippen LogP contribution in [0.5, 0.6) is 0 Å². The summed E-state index contributed by atoms with van der Waals surface area (Å²) in [5.74, 6) is 3.52. The first kappa shape index (κ1) is 12.6. The normalized spacial score (nSPS) is 25.4. The van der Waals surface area contributed by atoms with Crippen LogP contribution in [0.25, 0.3) is 0 Å². The lowest BCUT2D eigenvalue weighted by molar-refractivity contribution is 0.583. The Balaban J connectivity index is 1.75. The van der Waals surface area contributed by atoms with Gasteiger partial charge >= 0.3 is 0 Å². The van der Waals surface area contributed by atoms with Crippen LogP contribution in [0.3, 0.4) is 0 Å². The fourth-order valence-corrected chi connectivity index (χ4v) is 4.43. The second-order valence-electron chi connectivity index (χ2n) is 5.58. The van der Waals surface area contributed by atoms with Gasteiger partial charge in [-0.1, -0.05) is 24.3 Å². The Morgan fingerprint density at radius 3 is 2.72 bits per heavy atom. The molecule has 1 aromatic rings. The van der Waals surface area contributed by atoms with Gasteiger partial charge in [-0.2, -0.15) is 11.8 Å². The Morgan fingerprint density at radius 1 is 1.11 bits per heavy atom. The second-order valence-corrected chi connectivity index (χ2v) is 6.81. The number of hydrogen-bond donors (Lipinski definition) is 1. The van der Waals surface area contributed by atoms with E-state index < -0.39 is 0 Å². The average molecular weight is 261 g/mol. The van der Waals surface area contributed by atoms with E-state index in [2.05, 4.69) is 41.3 Å². The van der Waals surface area contributed by atoms with Gasteiger partial charge in [-0.25, -0.2) is 0 Å². The third-order valence-corrected chi connectivity index (χ3v) is 5.39. The van der Waals surface area contributed by atoms with Gasteiger partial charge in [0, 0.05) is 6.04 Å². The van der Waals surface area contributed by atoms with Crippen LogP contribution in [-0.4, -0.2) is 24.1 Å². The van der Waals surface area contributed by atoms with E-state index in [9.17, 15) is 0 Å². The quantitative estimate of drug-likeness (QED) is 0.892. The zero-order valence-electron chi connectivity index (χ0n) is 11.0. The molecule has 2 aliphatic rings. The molecule has 1 atom stereocenters. The zero-order valence-corrected chi connectivity index (χ0v) is 11.8. The molecule has 0 aromatic heterocycles. The van der Waals surface area contributed by atoms with Crippen LogP contribution in [-0.2, 0) is 6.42 Å². The fourth-order valence-electron chi connectivity index (χ4n) is 3.32. The van der Waals surface area contributed by atoms with Gasteiger partial charge in [0.05, 0.1) is 0 Å². The van der Waals surface area contributed by atoms with Gasteiger partial charge in [0.1, 0.15) is 0 Å². The van der Waals surface area contributed by atoms with Crippen molar-refractivity contribution in [1.82, 2.24) is 5.32 Å². The summed E-state index contributed by atoms with van der Waals surface area (Å²) in [5.41, 5.74) is 3.25. The van der Waals surface area contributed by atoms with Crippen LogP contribution in [0, 0.1) is 0 Å². The van der Waals surface area contributed by atoms with Gasteiger partial charge in [0.2, 0.25) is 0 Å². The smallest absolute Gasteiger partial charge is 0.0108 e. The molecule has 1 unspecified atom stereocenters. The van der Waals surface area contributed by atoms with Crippen molar-refractivity contribution < 1.29 is 0 Å². The maximum atomic E-state index is 3.63. The summed E-state index contributed by atoms with van der Waals surface area (Å²) in [6, 6.07) is 9.90. The Labute approximate surface area is 115 Å². The number of benzene rings is 1. The summed E-state index contributed by atoms with van der Waals surface area (Å²) in [6.07, 6.45) is 6.70. The van der Waals surface area contributed by atoms with Crippen molar-refractivity contribution in [2.45, 2.75) is 44.1 Å². The van der Waals surface area contributed by atoms with Gasteiger partial charge < -0.3 is 5.32 Å². The molecular formula is C16H23NS. The van der Waals surface area contributed by atoms with Crippen molar-refractivity contribution in [3.63, 3.8) is 0 Å². The molecule has 0 bridgehead atoms. The molecule has 18 heavy (non-hydrogen) atoms. The lowest BCUT2D eigenvalue weighted by atomic mass is 9.87. The topological polar surface area (TPSA) is 12.0 Å². The van der Waals surface area contributed by atoms with Gasteiger partial charge in [0.15, 0.2) is 0 Å². The number of nitrogens with one attached hydrogen (secondary N) is 1. The first-order valence-electron chi connectivity index (χ1n) is 7.32. The maximum Gasteiger partial charge on any atom is 0.0108 e. The summed E-state index contributed by atoms with van der Waals surface area (Å²) < 4.78 is 0. The molecule has 0 spiro atoms. The van der Waals surface area contributed by atoms with E-state index in [-0.39, 0.29) is 0 Å². The van der Waals surface area contributed by atoms with Crippen molar-refractivity contribution in [2.24, 2.45) is 0 Å². The largest absolute Gasteiger partial charge is 0.314 e. The average Bonchev–Trinajstić information content (AvgIpc) is 2.93. The number of rotatable bonds is 3. The molecule has 2 aliphatic heterocycles. The molecule has 3 rings (SSSR count). The minimum Gasteiger partial charge on any atom is -0.314 e. The molecular weight excluding hydrogens is 238 g/mol. The molecule has 1 nitrogen and oxygen atoms in total. The molecule has 2 fully saturated rings. The minimum atomic E-state index is 0.726. The molecule has 0 amide bonds. The first-order valence-corrected chi connectivity index (χ1v) is 8.48. The molecule has 1 aromatic carbocycles. The third-order valence-electron chi connectivity index (χ3n) is 4.34. The Morgan fingerprint density at radius 2 is 1.94 bits per heavy atom. The molecule has 2 saturated heterocycles. The fraction of sp³-hybridized carbons (Fsp3) is 0.625. The van der Waals surface area contributed by atoms with E-state index in [4.69, 9.17) is 0 Å². The minimum absolute atomic E-state index is 0.726. The summed E-state index contributed by atoms with van der Waals surface area (Å²) in [5, 5.41) is 3.63. The van der Waals surface area contributed by atoms with E-state index in [1.54, 1.807) is 11.1 Å². The zero-order chi connectivity index (χ0) is 12.2. The molecule has 98 valence electrons. The van der Waals surface area contributed by atoms with Crippen LogP contribution < -0.4 is 5.32 Å². The van der Waals surface area contributed by atoms with Crippen LogP contribution in [0.15, 0.2) is 24.3 Å². The Bertz CT molecular complexity index is 378. The van der Waals surface area contributed by atoms with E-state index >= 15 is 0 Å². The van der Waals surface area contributed by atoms with Crippen LogP contribution in [0.1, 0.15) is 42.7 Å². The summed E-state index contributed by atoms with van der Waals surface area (Å²) in [7, 11) is 0. The Kier molecular flexibility index (Phi) is 4.27. The molecule has 0 saturated carbocycles. The molecule has 1 N–H and O–H groups in total. The van der Waals surface area contributed by atoms with Gasteiger partial charge in [-0.15, -0.1) is 0 Å². The van der Waals surface area contributed by atoms with Crippen LogP contribution >= 0.6 is 11.8 Å². The standard InChI is InChI=1S/C16H23NS/c1-2-6-16(13-7-10-18-11-8-13)14(4-1)12-15-5-3-9-17-15/h1-2,4,6,13,15,17H,3,5,7-12H2. The highest BCUT2D eigenvalue weighted by molar-refractivity contribution is 7.99. The number of hydrogen-bond acceptors (Lipinski definition) is 2. The van der Waals surface area contributed by atoms with E-state index in [1.165, 1.54) is 50.2 Å². The Hall–Kier alpha value is -0.470. The SMILES string of the molecule is c1ccc(C2CCSCC2)c(CC2CCCN2)c1. The van der Waals surface area contributed by atoms with Crippen LogP contribution in [0.2, 0.25) is 0 Å². The monoisotopic (exact) mass is 261 g/mol. The van der Waals surface area contributed by atoms with Crippen molar-refractivity contribution >= 4 is 11.8 Å². The highest BCUT2D eigenvalue weighted by Gasteiger charge is 2.21. The lowest BCUT2D eigenvalue weighted by Gasteiger charge is -2.25. The highest BCUT2D eigenvalue weighted by Crippen LogP contribution is 2.34. The van der Waals surface area contributed by atoms with E-state index in [0.717, 1.165) is 12.0 Å². The maximum absolute atomic E-state index is 3.63. The van der Waals surface area contributed by atoms with Crippen molar-refractivity contribution in [3.8, 4) is 0 Å². The molecule has 0 aliphatic carbocycles. The predicted octanol–water partition coefficient (Wildman–Crippen LogP) is 3.59. The third kappa shape index (κ3) is 2.92. The highest BCUT2D eigenvalue weighted by atomic mass is 32.2. The summed E-state index contributed by atoms with van der Waals surface area (Å²) >= 11 is 2.12. The predicted molar refractivity (Wildman–Crippen MR) is 80.5 cm³/mol. The van der Waals surface area contributed by atoms with E-state index in [1.807, 2.05) is 0 Å². The summed E-state index contributed by atoms with van der Waals surface area (Å²) in [6.45, 7) is 1.22. The number of thioether (sulfide) groups is 1. The molecule has 2 heterocycles. The van der Waals surface area contributed by atoms with Gasteiger partial charge in [-0.3, -0.25) is 0 Å². The second kappa shape index (κ2) is 6.12. The van der Waals surface area contributed by atoms with Gasteiger partial charge in [-0.05, 0) is 67.2 Å². The summed E-state index contributed by atoms with van der Waals surface area (Å²) in [4.78, 5) is 0. The van der Waals surface area contributed by atoms with Gasteiger partial charge in [0.25, 0.3) is 0 Å². The van der Waals surface area contributed by atoms with Crippen molar-refractivity contribution in [1.29, 1.82) is 0 Å². The van der Waals surface area contributed by atoms with E-state index in [0.29, 0.717) is 0 Å². The first-order chi connectivity index (χ1) is 8.93. The lowest BCUT2D eigenvalue weighted by Crippen LogP contribution is -2.24. The van der Waals surface area contributed by atoms with Crippen molar-refractivity contribution in [3.05, 3.63) is 35.4 Å². The molecule has 0 radical (unpaired) electrons.